The van der Waals surface area contributed by atoms with Gasteiger partial charge in [0.1, 0.15) is 11.1 Å². The second-order valence-corrected chi connectivity index (χ2v) is 6.28. The summed E-state index contributed by atoms with van der Waals surface area (Å²) in [6.45, 7) is 5.98. The summed E-state index contributed by atoms with van der Waals surface area (Å²) >= 11 is 0. The molecule has 1 aliphatic carbocycles. The Morgan fingerprint density at radius 1 is 1.32 bits per heavy atom. The highest BCUT2D eigenvalue weighted by Gasteiger charge is 2.56. The zero-order valence-electron chi connectivity index (χ0n) is 12.3. The van der Waals surface area contributed by atoms with Crippen LogP contribution in [0.4, 0.5) is 0 Å². The number of piperazine rings is 1. The third kappa shape index (κ3) is 2.14. The highest BCUT2D eigenvalue weighted by molar-refractivity contribution is 6.02. The van der Waals surface area contributed by atoms with E-state index in [0.717, 1.165) is 25.7 Å². The first-order chi connectivity index (χ1) is 8.85. The third-order valence-electron chi connectivity index (χ3n) is 4.44. The molecule has 0 radical (unpaired) electrons. The van der Waals surface area contributed by atoms with Crippen LogP contribution < -0.4 is 5.32 Å². The van der Waals surface area contributed by atoms with Gasteiger partial charge in [-0.2, -0.15) is 0 Å². The number of carbonyl (C=O) groups is 2. The first kappa shape index (κ1) is 14.3. The fourth-order valence-electron chi connectivity index (χ4n) is 3.40. The molecule has 5 heteroatoms. The predicted octanol–water partition coefficient (Wildman–Crippen LogP) is 1.07. The SMILES string of the molecule is COCC(C)N1C(=O)C2(CCCC2)NC(=O)C1(C)C. The largest absolute Gasteiger partial charge is 0.383 e. The van der Waals surface area contributed by atoms with Gasteiger partial charge in [-0.1, -0.05) is 12.8 Å². The van der Waals surface area contributed by atoms with E-state index in [-0.39, 0.29) is 17.9 Å². The molecular formula is C14H24N2O3. The minimum absolute atomic E-state index is 0.0548. The Morgan fingerprint density at radius 3 is 2.42 bits per heavy atom. The lowest BCUT2D eigenvalue weighted by molar-refractivity contribution is -0.165. The van der Waals surface area contributed by atoms with Gasteiger partial charge in [-0.15, -0.1) is 0 Å². The summed E-state index contributed by atoms with van der Waals surface area (Å²) in [5.74, 6) is -0.00361. The first-order valence-corrected chi connectivity index (χ1v) is 7.00. The number of rotatable bonds is 3. The van der Waals surface area contributed by atoms with E-state index in [2.05, 4.69) is 5.32 Å². The Morgan fingerprint density at radius 2 is 1.89 bits per heavy atom. The van der Waals surface area contributed by atoms with Gasteiger partial charge in [0, 0.05) is 7.11 Å². The molecule has 1 unspecified atom stereocenters. The zero-order chi connectivity index (χ0) is 14.3. The van der Waals surface area contributed by atoms with Crippen molar-refractivity contribution in [2.75, 3.05) is 13.7 Å². The van der Waals surface area contributed by atoms with Gasteiger partial charge in [-0.3, -0.25) is 9.59 Å². The molecule has 1 atom stereocenters. The van der Waals surface area contributed by atoms with Gasteiger partial charge in [-0.25, -0.2) is 0 Å². The van der Waals surface area contributed by atoms with Crippen LogP contribution in [-0.2, 0) is 14.3 Å². The molecule has 1 heterocycles. The molecule has 0 aromatic heterocycles. The molecule has 1 N–H and O–H groups in total. The third-order valence-corrected chi connectivity index (χ3v) is 4.44. The summed E-state index contributed by atoms with van der Waals surface area (Å²) in [5, 5.41) is 2.99. The quantitative estimate of drug-likeness (QED) is 0.833. The van der Waals surface area contributed by atoms with Gasteiger partial charge in [0.15, 0.2) is 0 Å². The Hall–Kier alpha value is -1.10. The fourth-order valence-corrected chi connectivity index (χ4v) is 3.40. The van der Waals surface area contributed by atoms with Crippen LogP contribution in [0.25, 0.3) is 0 Å². The maximum Gasteiger partial charge on any atom is 0.249 e. The summed E-state index contributed by atoms with van der Waals surface area (Å²) in [5.41, 5.74) is -1.47. The molecule has 5 nitrogen and oxygen atoms in total. The number of hydrogen-bond donors (Lipinski definition) is 1. The number of ether oxygens (including phenoxy) is 1. The average molecular weight is 268 g/mol. The Kier molecular flexibility index (Phi) is 3.60. The summed E-state index contributed by atoms with van der Waals surface area (Å²) in [6.07, 6.45) is 3.51. The van der Waals surface area contributed by atoms with Crippen molar-refractivity contribution in [1.82, 2.24) is 10.2 Å². The molecule has 1 spiro atoms. The molecule has 2 amide bonds. The lowest BCUT2D eigenvalue weighted by Crippen LogP contribution is -2.75. The molecule has 0 aromatic rings. The topological polar surface area (TPSA) is 58.6 Å². The van der Waals surface area contributed by atoms with Crippen LogP contribution in [0.1, 0.15) is 46.5 Å². The fraction of sp³-hybridized carbons (Fsp3) is 0.857. The highest BCUT2D eigenvalue weighted by atomic mass is 16.5. The summed E-state index contributed by atoms with van der Waals surface area (Å²) in [4.78, 5) is 27.0. The van der Waals surface area contributed by atoms with Crippen molar-refractivity contribution in [2.24, 2.45) is 0 Å². The predicted molar refractivity (Wildman–Crippen MR) is 71.6 cm³/mol. The van der Waals surface area contributed by atoms with E-state index < -0.39 is 11.1 Å². The van der Waals surface area contributed by atoms with Crippen molar-refractivity contribution in [3.05, 3.63) is 0 Å². The number of nitrogens with one attached hydrogen (secondary N) is 1. The maximum absolute atomic E-state index is 12.9. The van der Waals surface area contributed by atoms with Gasteiger partial charge in [0.2, 0.25) is 11.8 Å². The van der Waals surface area contributed by atoms with Crippen molar-refractivity contribution in [3.8, 4) is 0 Å². The van der Waals surface area contributed by atoms with E-state index >= 15 is 0 Å². The van der Waals surface area contributed by atoms with Crippen molar-refractivity contribution in [2.45, 2.75) is 63.6 Å². The molecule has 0 bridgehead atoms. The van der Waals surface area contributed by atoms with Gasteiger partial charge in [0.25, 0.3) is 0 Å². The number of nitrogens with zero attached hydrogens (tertiary/aromatic N) is 1. The second kappa shape index (κ2) is 4.78. The van der Waals surface area contributed by atoms with Gasteiger partial charge >= 0.3 is 0 Å². The monoisotopic (exact) mass is 268 g/mol. The van der Waals surface area contributed by atoms with E-state index in [0.29, 0.717) is 6.61 Å². The molecule has 108 valence electrons. The number of amides is 2. The lowest BCUT2D eigenvalue weighted by atomic mass is 9.85. The van der Waals surface area contributed by atoms with Crippen molar-refractivity contribution < 1.29 is 14.3 Å². The minimum Gasteiger partial charge on any atom is -0.383 e. The van der Waals surface area contributed by atoms with Crippen LogP contribution in [0, 0.1) is 0 Å². The Balaban J connectivity index is 2.35. The summed E-state index contributed by atoms with van der Waals surface area (Å²) < 4.78 is 5.16. The molecule has 2 fully saturated rings. The molecule has 19 heavy (non-hydrogen) atoms. The molecule has 1 saturated heterocycles. The van der Waals surface area contributed by atoms with Gasteiger partial charge < -0.3 is 15.0 Å². The molecule has 2 aliphatic rings. The minimum atomic E-state index is -0.817. The maximum atomic E-state index is 12.9. The van der Waals surface area contributed by atoms with E-state index in [1.54, 1.807) is 25.9 Å². The van der Waals surface area contributed by atoms with E-state index in [9.17, 15) is 9.59 Å². The van der Waals surface area contributed by atoms with Crippen LogP contribution >= 0.6 is 0 Å². The standard InChI is InChI=1S/C14H24N2O3/c1-10(9-19-4)16-12(18)14(7-5-6-8-14)15-11(17)13(16,2)3/h10H,5-9H2,1-4H3,(H,15,17). The van der Waals surface area contributed by atoms with Gasteiger partial charge in [-0.05, 0) is 33.6 Å². The van der Waals surface area contributed by atoms with Crippen LogP contribution in [0.15, 0.2) is 0 Å². The summed E-state index contributed by atoms with van der Waals surface area (Å²) in [6, 6.07) is -0.101. The first-order valence-electron chi connectivity index (χ1n) is 7.00. The molecular weight excluding hydrogens is 244 g/mol. The lowest BCUT2D eigenvalue weighted by Gasteiger charge is -2.51. The smallest absolute Gasteiger partial charge is 0.249 e. The van der Waals surface area contributed by atoms with E-state index in [4.69, 9.17) is 4.74 Å². The van der Waals surface area contributed by atoms with Crippen LogP contribution in [0.5, 0.6) is 0 Å². The molecule has 0 aromatic carbocycles. The van der Waals surface area contributed by atoms with Crippen molar-refractivity contribution >= 4 is 11.8 Å². The normalized spacial score (nSPS) is 26.6. The van der Waals surface area contributed by atoms with Crippen LogP contribution in [-0.4, -0.2) is 47.6 Å². The van der Waals surface area contributed by atoms with Crippen molar-refractivity contribution in [3.63, 3.8) is 0 Å². The van der Waals surface area contributed by atoms with Crippen molar-refractivity contribution in [1.29, 1.82) is 0 Å². The Labute approximate surface area is 114 Å². The van der Waals surface area contributed by atoms with Crippen LogP contribution in [0.3, 0.4) is 0 Å². The number of hydrogen-bond acceptors (Lipinski definition) is 3. The number of methoxy groups -OCH3 is 1. The highest BCUT2D eigenvalue weighted by Crippen LogP contribution is 2.38. The molecule has 1 aliphatic heterocycles. The Bertz CT molecular complexity index is 386. The molecule has 2 rings (SSSR count). The van der Waals surface area contributed by atoms with E-state index in [1.807, 2.05) is 6.92 Å². The van der Waals surface area contributed by atoms with Crippen LogP contribution in [0.2, 0.25) is 0 Å². The zero-order valence-corrected chi connectivity index (χ0v) is 12.3. The van der Waals surface area contributed by atoms with Gasteiger partial charge in [0.05, 0.1) is 12.6 Å². The summed E-state index contributed by atoms with van der Waals surface area (Å²) in [7, 11) is 1.61. The van der Waals surface area contributed by atoms with E-state index in [1.165, 1.54) is 0 Å². The average Bonchev–Trinajstić information content (AvgIpc) is 2.77. The number of carbonyl (C=O) groups excluding carboxylic acids is 2. The molecule has 1 saturated carbocycles. The second-order valence-electron chi connectivity index (χ2n) is 6.28.